The van der Waals surface area contributed by atoms with Crippen LogP contribution in [0.4, 0.5) is 10.5 Å². The van der Waals surface area contributed by atoms with Crippen LogP contribution in [0, 0.1) is 11.3 Å². The highest BCUT2D eigenvalue weighted by atomic mass is 16.6. The van der Waals surface area contributed by atoms with Gasteiger partial charge in [0.15, 0.2) is 0 Å². The minimum absolute atomic E-state index is 0.0621. The highest BCUT2D eigenvalue weighted by Gasteiger charge is 2.30. The Kier molecular flexibility index (Phi) is 6.53. The molecule has 0 spiro atoms. The number of benzene rings is 2. The molecule has 1 saturated heterocycles. The zero-order valence-corrected chi connectivity index (χ0v) is 23.8. The lowest BCUT2D eigenvalue weighted by molar-refractivity contribution is 0.0141. The number of fused-ring (bicyclic) bond motifs is 4. The van der Waals surface area contributed by atoms with Crippen molar-refractivity contribution >= 4 is 39.5 Å². The summed E-state index contributed by atoms with van der Waals surface area (Å²) >= 11 is 0. The van der Waals surface area contributed by atoms with E-state index in [9.17, 15) is 14.9 Å². The van der Waals surface area contributed by atoms with Crippen LogP contribution in [0.25, 0.3) is 21.8 Å². The number of anilines is 1. The Morgan fingerprint density at radius 1 is 1.02 bits per heavy atom. The van der Waals surface area contributed by atoms with Crippen molar-refractivity contribution in [3.05, 3.63) is 65.5 Å². The number of amides is 2. The van der Waals surface area contributed by atoms with Gasteiger partial charge in [-0.25, -0.2) is 4.79 Å². The van der Waals surface area contributed by atoms with Gasteiger partial charge in [-0.2, -0.15) is 10.4 Å². The summed E-state index contributed by atoms with van der Waals surface area (Å²) in [4.78, 5) is 36.0. The first-order valence-corrected chi connectivity index (χ1v) is 13.9. The summed E-state index contributed by atoms with van der Waals surface area (Å²) in [5, 5.41) is 16.4. The van der Waals surface area contributed by atoms with Gasteiger partial charge >= 0.3 is 6.09 Å². The Bertz CT molecular complexity index is 1710. The molecule has 0 aliphatic carbocycles. The van der Waals surface area contributed by atoms with E-state index in [1.165, 1.54) is 0 Å². The Balaban J connectivity index is 1.22. The maximum atomic E-state index is 13.4. The fourth-order valence-electron chi connectivity index (χ4n) is 5.76. The quantitative estimate of drug-likeness (QED) is 0.354. The SMILES string of the molecule is C[C@@H]1CN(c2ccc(C#N)c3ncccc23)Cc2c3ccc(C(=O)N4CCN(C(=O)OC(C)(C)C)CC4)cc3nn21. The van der Waals surface area contributed by atoms with Crippen molar-refractivity contribution < 1.29 is 14.3 Å². The molecule has 2 aromatic carbocycles. The fraction of sp³-hybridized carbons (Fsp3) is 0.387. The third kappa shape index (κ3) is 4.92. The van der Waals surface area contributed by atoms with Crippen LogP contribution in [-0.4, -0.2) is 74.9 Å². The number of carbonyl (C=O) groups excluding carboxylic acids is 2. The molecule has 1 atom stereocenters. The van der Waals surface area contributed by atoms with Crippen LogP contribution in [0.15, 0.2) is 48.7 Å². The summed E-state index contributed by atoms with van der Waals surface area (Å²) in [5.41, 5.74) is 4.23. The van der Waals surface area contributed by atoms with Crippen LogP contribution < -0.4 is 4.90 Å². The van der Waals surface area contributed by atoms with Crippen molar-refractivity contribution in [1.82, 2.24) is 24.6 Å². The Morgan fingerprint density at radius 2 is 1.78 bits per heavy atom. The number of nitrogens with zero attached hydrogens (tertiary/aromatic N) is 7. The van der Waals surface area contributed by atoms with Crippen molar-refractivity contribution in [2.24, 2.45) is 0 Å². The minimum Gasteiger partial charge on any atom is -0.444 e. The predicted octanol–water partition coefficient (Wildman–Crippen LogP) is 4.73. The van der Waals surface area contributed by atoms with Gasteiger partial charge in [0.2, 0.25) is 0 Å². The molecule has 0 unspecified atom stereocenters. The van der Waals surface area contributed by atoms with Gasteiger partial charge in [0.25, 0.3) is 5.91 Å². The summed E-state index contributed by atoms with van der Waals surface area (Å²) in [6.45, 7) is 10.9. The summed E-state index contributed by atoms with van der Waals surface area (Å²) in [6.07, 6.45) is 1.37. The number of ether oxygens (including phenoxy) is 1. The van der Waals surface area contributed by atoms with E-state index in [4.69, 9.17) is 9.84 Å². The second-order valence-corrected chi connectivity index (χ2v) is 11.8. The molecule has 0 radical (unpaired) electrons. The van der Waals surface area contributed by atoms with E-state index in [0.29, 0.717) is 49.4 Å². The number of pyridine rings is 1. The zero-order valence-electron chi connectivity index (χ0n) is 23.8. The van der Waals surface area contributed by atoms with Crippen LogP contribution in [-0.2, 0) is 11.3 Å². The first-order valence-electron chi connectivity index (χ1n) is 13.9. The number of carbonyl (C=O) groups is 2. The zero-order chi connectivity index (χ0) is 28.9. The summed E-state index contributed by atoms with van der Waals surface area (Å²) in [5.74, 6) is -0.0621. The maximum absolute atomic E-state index is 13.4. The van der Waals surface area contributed by atoms with Crippen LogP contribution in [0.2, 0.25) is 0 Å². The van der Waals surface area contributed by atoms with E-state index in [2.05, 4.69) is 27.6 Å². The van der Waals surface area contributed by atoms with Crippen molar-refractivity contribution in [2.75, 3.05) is 37.6 Å². The van der Waals surface area contributed by atoms with Crippen LogP contribution in [0.5, 0.6) is 0 Å². The predicted molar refractivity (Wildman–Crippen MR) is 156 cm³/mol. The molecule has 0 saturated carbocycles. The summed E-state index contributed by atoms with van der Waals surface area (Å²) < 4.78 is 7.54. The first kappa shape index (κ1) is 26.6. The minimum atomic E-state index is -0.551. The molecule has 41 heavy (non-hydrogen) atoms. The molecule has 10 nitrogen and oxygen atoms in total. The molecule has 4 aromatic rings. The Labute approximate surface area is 238 Å². The van der Waals surface area contributed by atoms with Gasteiger partial charge in [-0.3, -0.25) is 14.5 Å². The molecule has 0 N–H and O–H groups in total. The molecule has 210 valence electrons. The molecular formula is C31H33N7O3. The molecule has 2 aromatic heterocycles. The maximum Gasteiger partial charge on any atom is 0.410 e. The summed E-state index contributed by atoms with van der Waals surface area (Å²) in [7, 11) is 0. The average molecular weight is 552 g/mol. The van der Waals surface area contributed by atoms with Crippen LogP contribution >= 0.6 is 0 Å². The molecular weight excluding hydrogens is 518 g/mol. The largest absolute Gasteiger partial charge is 0.444 e. The van der Waals surface area contributed by atoms with Gasteiger partial charge in [-0.05, 0) is 64.1 Å². The van der Waals surface area contributed by atoms with Crippen molar-refractivity contribution in [2.45, 2.75) is 45.9 Å². The number of nitriles is 1. The molecule has 10 heteroatoms. The average Bonchev–Trinajstić information content (AvgIpc) is 3.34. The monoisotopic (exact) mass is 551 g/mol. The first-order chi connectivity index (χ1) is 19.6. The van der Waals surface area contributed by atoms with E-state index in [0.717, 1.165) is 34.2 Å². The van der Waals surface area contributed by atoms with Gasteiger partial charge in [-0.1, -0.05) is 6.07 Å². The number of aromatic nitrogens is 3. The van der Waals surface area contributed by atoms with E-state index in [-0.39, 0.29) is 18.0 Å². The number of hydrogen-bond donors (Lipinski definition) is 0. The second-order valence-electron chi connectivity index (χ2n) is 11.8. The van der Waals surface area contributed by atoms with E-state index in [1.54, 1.807) is 16.0 Å². The molecule has 1 fully saturated rings. The fourth-order valence-corrected chi connectivity index (χ4v) is 5.76. The second kappa shape index (κ2) is 10.1. The van der Waals surface area contributed by atoms with Gasteiger partial charge in [-0.15, -0.1) is 0 Å². The van der Waals surface area contributed by atoms with E-state index < -0.39 is 5.60 Å². The van der Waals surface area contributed by atoms with Crippen LogP contribution in [0.3, 0.4) is 0 Å². The van der Waals surface area contributed by atoms with Crippen molar-refractivity contribution in [3.63, 3.8) is 0 Å². The third-order valence-electron chi connectivity index (χ3n) is 7.72. The molecule has 2 aliphatic rings. The smallest absolute Gasteiger partial charge is 0.410 e. The lowest BCUT2D eigenvalue weighted by atomic mass is 10.0. The van der Waals surface area contributed by atoms with Crippen molar-refractivity contribution in [3.8, 4) is 6.07 Å². The van der Waals surface area contributed by atoms with Gasteiger partial charge < -0.3 is 19.4 Å². The highest BCUT2D eigenvalue weighted by molar-refractivity contribution is 5.99. The Hall–Kier alpha value is -4.65. The van der Waals surface area contributed by atoms with Gasteiger partial charge in [0.05, 0.1) is 34.9 Å². The molecule has 6 rings (SSSR count). The number of hydrogen-bond acceptors (Lipinski definition) is 7. The molecule has 2 aliphatic heterocycles. The number of piperazine rings is 1. The third-order valence-corrected chi connectivity index (χ3v) is 7.72. The standard InChI is InChI=1S/C31H33N7O3/c1-20-18-37(26-10-8-22(17-32)28-24(26)6-5-11-33-28)19-27-23-9-7-21(16-25(23)34-38(20)27)29(39)35-12-14-36(15-13-35)30(40)41-31(2,3)4/h5-11,16,20H,12-15,18-19H2,1-4H3/t20-/m1/s1. The van der Waals surface area contributed by atoms with Crippen molar-refractivity contribution in [1.29, 1.82) is 5.26 Å². The number of rotatable bonds is 2. The van der Waals surface area contributed by atoms with Crippen LogP contribution in [0.1, 0.15) is 55.4 Å². The van der Waals surface area contributed by atoms with Gasteiger partial charge in [0.1, 0.15) is 11.7 Å². The lowest BCUT2D eigenvalue weighted by Gasteiger charge is -2.35. The molecule has 0 bridgehead atoms. The normalized spacial score (nSPS) is 17.4. The lowest BCUT2D eigenvalue weighted by Crippen LogP contribution is -2.51. The molecule has 2 amide bonds. The molecule has 4 heterocycles. The Morgan fingerprint density at radius 3 is 2.51 bits per heavy atom. The van der Waals surface area contributed by atoms with Gasteiger partial charge in [0, 0.05) is 60.9 Å². The topological polar surface area (TPSA) is 108 Å². The van der Waals surface area contributed by atoms with E-state index in [1.807, 2.05) is 63.2 Å². The summed E-state index contributed by atoms with van der Waals surface area (Å²) in [6, 6.07) is 15.8. The highest BCUT2D eigenvalue weighted by Crippen LogP contribution is 2.35. The van der Waals surface area contributed by atoms with E-state index >= 15 is 0 Å².